The summed E-state index contributed by atoms with van der Waals surface area (Å²) in [4.78, 5) is 28.8. The Bertz CT molecular complexity index is 795. The summed E-state index contributed by atoms with van der Waals surface area (Å²) in [6, 6.07) is 6.62. The number of nitrogens with zero attached hydrogens (tertiary/aromatic N) is 2. The molecule has 0 radical (unpaired) electrons. The Labute approximate surface area is 164 Å². The molecule has 1 fully saturated rings. The molecule has 1 aromatic heterocycles. The molecule has 0 saturated heterocycles. The van der Waals surface area contributed by atoms with Crippen molar-refractivity contribution in [2.24, 2.45) is 11.7 Å². The van der Waals surface area contributed by atoms with E-state index in [-0.39, 0.29) is 11.8 Å². The van der Waals surface area contributed by atoms with Crippen LogP contribution in [0.2, 0.25) is 0 Å². The van der Waals surface area contributed by atoms with Crippen LogP contribution in [0.3, 0.4) is 0 Å². The fourth-order valence-electron chi connectivity index (χ4n) is 3.49. The zero-order chi connectivity index (χ0) is 19.9. The summed E-state index contributed by atoms with van der Waals surface area (Å²) in [5, 5.41) is 12.5. The first kappa shape index (κ1) is 20.0. The zero-order valence-electron chi connectivity index (χ0n) is 16.2. The second kappa shape index (κ2) is 9.45. The van der Waals surface area contributed by atoms with E-state index in [2.05, 4.69) is 25.8 Å². The van der Waals surface area contributed by atoms with Gasteiger partial charge in [-0.2, -0.15) is 5.10 Å². The molecule has 5 N–H and O–H groups in total. The summed E-state index contributed by atoms with van der Waals surface area (Å²) in [6.45, 7) is 2.00. The third-order valence-electron chi connectivity index (χ3n) is 5.11. The number of nitrogens with one attached hydrogen (secondary N) is 3. The van der Waals surface area contributed by atoms with Gasteiger partial charge in [0.2, 0.25) is 11.8 Å². The molecule has 2 amide bonds. The van der Waals surface area contributed by atoms with Gasteiger partial charge in [0.05, 0.1) is 6.54 Å². The van der Waals surface area contributed by atoms with Gasteiger partial charge in [-0.3, -0.25) is 14.7 Å². The number of hydrogen-bond donors (Lipinski definition) is 4. The van der Waals surface area contributed by atoms with Crippen molar-refractivity contribution in [3.63, 3.8) is 0 Å². The molecule has 1 heterocycles. The van der Waals surface area contributed by atoms with E-state index in [1.165, 1.54) is 19.3 Å². The van der Waals surface area contributed by atoms with Crippen molar-refractivity contribution >= 4 is 17.5 Å². The Hall–Kier alpha value is -2.74. The maximum atomic E-state index is 12.4. The lowest BCUT2D eigenvalue weighted by Gasteiger charge is -2.22. The molecule has 1 aliphatic rings. The number of nitrogens with two attached hydrogens (primary N) is 1. The minimum Gasteiger partial charge on any atom is -0.345 e. The van der Waals surface area contributed by atoms with Gasteiger partial charge in [0, 0.05) is 17.7 Å². The van der Waals surface area contributed by atoms with Gasteiger partial charge in [0.1, 0.15) is 11.9 Å². The molecule has 2 aromatic rings. The number of carbonyl (C=O) groups excluding carboxylic acids is 2. The standard InChI is InChI=1S/C20H28N6O2/c1-13(22-18(27)11-14-5-3-2-4-6-14)20(28)23-16-9-7-15(8-10-16)19-24-17(12-21)25-26-19/h7-10,13-14H,2-6,11-12,21H2,1H3,(H,22,27)(H,23,28)(H,24,25,26). The monoisotopic (exact) mass is 384 g/mol. The molecule has 1 aromatic carbocycles. The van der Waals surface area contributed by atoms with Crippen molar-refractivity contribution in [3.8, 4) is 11.4 Å². The highest BCUT2D eigenvalue weighted by molar-refractivity contribution is 5.97. The first-order valence-electron chi connectivity index (χ1n) is 9.87. The van der Waals surface area contributed by atoms with Gasteiger partial charge in [-0.25, -0.2) is 4.98 Å². The van der Waals surface area contributed by atoms with E-state index in [1.54, 1.807) is 19.1 Å². The van der Waals surface area contributed by atoms with Crippen LogP contribution in [-0.2, 0) is 16.1 Å². The molecule has 0 spiro atoms. The second-order valence-electron chi connectivity index (χ2n) is 7.37. The first-order valence-corrected chi connectivity index (χ1v) is 9.87. The molecule has 1 unspecified atom stereocenters. The molecule has 0 bridgehead atoms. The predicted octanol–water partition coefficient (Wildman–Crippen LogP) is 2.34. The highest BCUT2D eigenvalue weighted by Crippen LogP contribution is 2.26. The highest BCUT2D eigenvalue weighted by atomic mass is 16.2. The van der Waals surface area contributed by atoms with Crippen molar-refractivity contribution in [1.82, 2.24) is 20.5 Å². The molecule has 3 rings (SSSR count). The smallest absolute Gasteiger partial charge is 0.246 e. The summed E-state index contributed by atoms with van der Waals surface area (Å²) < 4.78 is 0. The topological polar surface area (TPSA) is 126 Å². The second-order valence-corrected chi connectivity index (χ2v) is 7.37. The normalized spacial score (nSPS) is 15.8. The number of H-pyrrole nitrogens is 1. The van der Waals surface area contributed by atoms with E-state index < -0.39 is 6.04 Å². The van der Waals surface area contributed by atoms with Gasteiger partial charge in [0.25, 0.3) is 0 Å². The number of aromatic nitrogens is 3. The molecule has 8 nitrogen and oxygen atoms in total. The lowest BCUT2D eigenvalue weighted by Crippen LogP contribution is -2.42. The van der Waals surface area contributed by atoms with Crippen LogP contribution in [0.4, 0.5) is 5.69 Å². The molecular formula is C20H28N6O2. The Morgan fingerprint density at radius 2 is 1.93 bits per heavy atom. The van der Waals surface area contributed by atoms with Gasteiger partial charge < -0.3 is 16.4 Å². The van der Waals surface area contributed by atoms with Crippen LogP contribution in [0.1, 0.15) is 51.3 Å². The fraction of sp³-hybridized carbons (Fsp3) is 0.500. The molecule has 1 atom stereocenters. The van der Waals surface area contributed by atoms with Gasteiger partial charge in [0.15, 0.2) is 5.82 Å². The fourth-order valence-corrected chi connectivity index (χ4v) is 3.49. The number of benzene rings is 1. The van der Waals surface area contributed by atoms with Gasteiger partial charge in [-0.15, -0.1) is 0 Å². The average molecular weight is 384 g/mol. The van der Waals surface area contributed by atoms with Crippen LogP contribution < -0.4 is 16.4 Å². The van der Waals surface area contributed by atoms with E-state index in [0.717, 1.165) is 18.4 Å². The third-order valence-corrected chi connectivity index (χ3v) is 5.11. The number of hydrogen-bond acceptors (Lipinski definition) is 5. The number of rotatable bonds is 7. The first-order chi connectivity index (χ1) is 13.5. The number of carbonyl (C=O) groups is 2. The summed E-state index contributed by atoms with van der Waals surface area (Å²) in [6.07, 6.45) is 6.39. The van der Waals surface area contributed by atoms with Crippen LogP contribution in [0.5, 0.6) is 0 Å². The van der Waals surface area contributed by atoms with Gasteiger partial charge >= 0.3 is 0 Å². The van der Waals surface area contributed by atoms with Crippen molar-refractivity contribution < 1.29 is 9.59 Å². The lowest BCUT2D eigenvalue weighted by molar-refractivity contribution is -0.126. The lowest BCUT2D eigenvalue weighted by atomic mass is 9.87. The maximum Gasteiger partial charge on any atom is 0.246 e. The Morgan fingerprint density at radius 1 is 1.21 bits per heavy atom. The zero-order valence-corrected chi connectivity index (χ0v) is 16.2. The van der Waals surface area contributed by atoms with E-state index in [1.807, 2.05) is 12.1 Å². The molecule has 8 heteroatoms. The summed E-state index contributed by atoms with van der Waals surface area (Å²) >= 11 is 0. The average Bonchev–Trinajstić information content (AvgIpc) is 3.18. The van der Waals surface area contributed by atoms with Crippen LogP contribution in [0.15, 0.2) is 24.3 Å². The van der Waals surface area contributed by atoms with Crippen molar-refractivity contribution in [2.45, 2.75) is 58.0 Å². The third kappa shape index (κ3) is 5.39. The molecular weight excluding hydrogens is 356 g/mol. The predicted molar refractivity (Wildman–Crippen MR) is 107 cm³/mol. The molecule has 1 saturated carbocycles. The van der Waals surface area contributed by atoms with Crippen molar-refractivity contribution in [3.05, 3.63) is 30.1 Å². The van der Waals surface area contributed by atoms with Crippen molar-refractivity contribution in [1.29, 1.82) is 0 Å². The van der Waals surface area contributed by atoms with Gasteiger partial charge in [-0.1, -0.05) is 19.3 Å². The Morgan fingerprint density at radius 3 is 2.57 bits per heavy atom. The SMILES string of the molecule is CC(NC(=O)CC1CCCCC1)C(=O)Nc1ccc(-c2n[nH]c(CN)n2)cc1. The van der Waals surface area contributed by atoms with E-state index >= 15 is 0 Å². The van der Waals surface area contributed by atoms with Gasteiger partial charge in [-0.05, 0) is 49.9 Å². The van der Waals surface area contributed by atoms with E-state index in [4.69, 9.17) is 5.73 Å². The number of anilines is 1. The quantitative estimate of drug-likeness (QED) is 0.583. The summed E-state index contributed by atoms with van der Waals surface area (Å²) in [5.74, 6) is 1.33. The van der Waals surface area contributed by atoms with Crippen LogP contribution in [0, 0.1) is 5.92 Å². The molecule has 0 aliphatic heterocycles. The molecule has 150 valence electrons. The largest absolute Gasteiger partial charge is 0.345 e. The number of amides is 2. The maximum absolute atomic E-state index is 12.4. The summed E-state index contributed by atoms with van der Waals surface area (Å²) in [7, 11) is 0. The van der Waals surface area contributed by atoms with Crippen LogP contribution in [0.25, 0.3) is 11.4 Å². The van der Waals surface area contributed by atoms with Crippen LogP contribution in [-0.4, -0.2) is 33.0 Å². The molecule has 1 aliphatic carbocycles. The number of aromatic amines is 1. The molecule has 28 heavy (non-hydrogen) atoms. The highest BCUT2D eigenvalue weighted by Gasteiger charge is 2.20. The Balaban J connectivity index is 1.49. The minimum atomic E-state index is -0.587. The minimum absolute atomic E-state index is 0.0507. The Kier molecular flexibility index (Phi) is 6.76. The van der Waals surface area contributed by atoms with E-state index in [0.29, 0.717) is 36.2 Å². The van der Waals surface area contributed by atoms with Crippen molar-refractivity contribution in [2.75, 3.05) is 5.32 Å². The van der Waals surface area contributed by atoms with Crippen LogP contribution >= 0.6 is 0 Å². The van der Waals surface area contributed by atoms with E-state index in [9.17, 15) is 9.59 Å². The summed E-state index contributed by atoms with van der Waals surface area (Å²) in [5.41, 5.74) is 7.00.